The molecule has 1 atom stereocenters. The second-order valence-corrected chi connectivity index (χ2v) is 4.28. The molecule has 98 valence electrons. The molecular weight excluding hydrogens is 234 g/mol. The predicted molar refractivity (Wildman–Crippen MR) is 65.6 cm³/mol. The standard InChI is InChI=1S/C13H17NO4/c1-8(15)14-6-9-11(17-2)4-5-12(18-3)13(9)10(16)7-14/h4-5,10,16H,6-7H2,1-3H3. The van der Waals surface area contributed by atoms with Crippen LogP contribution in [0.4, 0.5) is 0 Å². The van der Waals surface area contributed by atoms with Crippen LogP contribution in [0, 0.1) is 0 Å². The Labute approximate surface area is 106 Å². The minimum absolute atomic E-state index is 0.0652. The molecule has 1 heterocycles. The largest absolute Gasteiger partial charge is 0.496 e. The number of aliphatic hydroxyl groups excluding tert-OH is 1. The van der Waals surface area contributed by atoms with Gasteiger partial charge >= 0.3 is 0 Å². The van der Waals surface area contributed by atoms with E-state index in [1.807, 2.05) is 0 Å². The molecule has 1 aromatic carbocycles. The average Bonchev–Trinajstić information content (AvgIpc) is 2.37. The summed E-state index contributed by atoms with van der Waals surface area (Å²) in [7, 11) is 3.13. The third-order valence-electron chi connectivity index (χ3n) is 3.23. The molecule has 1 aliphatic heterocycles. The fourth-order valence-electron chi connectivity index (χ4n) is 2.32. The van der Waals surface area contributed by atoms with Gasteiger partial charge in [-0.15, -0.1) is 0 Å². The highest BCUT2D eigenvalue weighted by atomic mass is 16.5. The van der Waals surface area contributed by atoms with E-state index in [4.69, 9.17) is 9.47 Å². The first-order valence-corrected chi connectivity index (χ1v) is 5.75. The number of aliphatic hydroxyl groups is 1. The molecule has 5 nitrogen and oxygen atoms in total. The first-order valence-electron chi connectivity index (χ1n) is 5.75. The lowest BCUT2D eigenvalue weighted by Gasteiger charge is -2.33. The van der Waals surface area contributed by atoms with Gasteiger partial charge in [0.15, 0.2) is 0 Å². The summed E-state index contributed by atoms with van der Waals surface area (Å²) in [5, 5.41) is 10.2. The summed E-state index contributed by atoms with van der Waals surface area (Å²) in [5.41, 5.74) is 1.53. The van der Waals surface area contributed by atoms with Gasteiger partial charge in [0.2, 0.25) is 5.91 Å². The van der Waals surface area contributed by atoms with Crippen molar-refractivity contribution in [3.8, 4) is 11.5 Å². The van der Waals surface area contributed by atoms with Crippen LogP contribution in [-0.4, -0.2) is 36.7 Å². The molecule has 1 amide bonds. The van der Waals surface area contributed by atoms with Crippen molar-refractivity contribution in [1.82, 2.24) is 4.90 Å². The van der Waals surface area contributed by atoms with Gasteiger partial charge in [-0.25, -0.2) is 0 Å². The molecule has 0 radical (unpaired) electrons. The molecule has 0 saturated heterocycles. The zero-order valence-corrected chi connectivity index (χ0v) is 10.8. The van der Waals surface area contributed by atoms with Crippen molar-refractivity contribution in [2.24, 2.45) is 0 Å². The molecule has 0 saturated carbocycles. The molecule has 1 unspecified atom stereocenters. The van der Waals surface area contributed by atoms with Crippen LogP contribution in [0.15, 0.2) is 12.1 Å². The molecule has 1 aliphatic rings. The first-order chi connectivity index (χ1) is 8.58. The van der Waals surface area contributed by atoms with Gasteiger partial charge in [0, 0.05) is 24.6 Å². The van der Waals surface area contributed by atoms with Crippen LogP contribution in [0.25, 0.3) is 0 Å². The molecule has 5 heteroatoms. The lowest BCUT2D eigenvalue weighted by Crippen LogP contribution is -2.37. The van der Waals surface area contributed by atoms with E-state index in [9.17, 15) is 9.90 Å². The number of benzene rings is 1. The van der Waals surface area contributed by atoms with Gasteiger partial charge in [-0.05, 0) is 12.1 Å². The summed E-state index contributed by atoms with van der Waals surface area (Å²) in [6.45, 7) is 2.21. The minimum Gasteiger partial charge on any atom is -0.496 e. The van der Waals surface area contributed by atoms with E-state index in [-0.39, 0.29) is 12.5 Å². The molecule has 0 bridgehead atoms. The van der Waals surface area contributed by atoms with Gasteiger partial charge < -0.3 is 19.5 Å². The Morgan fingerprint density at radius 2 is 1.94 bits per heavy atom. The Morgan fingerprint density at radius 1 is 1.33 bits per heavy atom. The lowest BCUT2D eigenvalue weighted by atomic mass is 9.95. The number of amides is 1. The minimum atomic E-state index is -0.748. The fraction of sp³-hybridized carbons (Fsp3) is 0.462. The maximum atomic E-state index is 11.5. The molecule has 18 heavy (non-hydrogen) atoms. The second-order valence-electron chi connectivity index (χ2n) is 4.28. The smallest absolute Gasteiger partial charge is 0.219 e. The van der Waals surface area contributed by atoms with Crippen molar-refractivity contribution < 1.29 is 19.4 Å². The molecule has 0 aromatic heterocycles. The summed E-state index contributed by atoms with van der Waals surface area (Å²) >= 11 is 0. The number of hydrogen-bond donors (Lipinski definition) is 1. The summed E-state index contributed by atoms with van der Waals surface area (Å²) in [4.78, 5) is 13.0. The zero-order chi connectivity index (χ0) is 13.3. The Bertz CT molecular complexity index is 472. The number of methoxy groups -OCH3 is 2. The van der Waals surface area contributed by atoms with E-state index in [0.29, 0.717) is 23.6 Å². The van der Waals surface area contributed by atoms with Crippen LogP contribution in [0.3, 0.4) is 0 Å². The van der Waals surface area contributed by atoms with Crippen LogP contribution in [0.5, 0.6) is 11.5 Å². The number of carbonyl (C=O) groups excluding carboxylic acids is 1. The third kappa shape index (κ3) is 2.01. The van der Waals surface area contributed by atoms with Gasteiger partial charge in [0.05, 0.1) is 20.8 Å². The van der Waals surface area contributed by atoms with E-state index in [1.165, 1.54) is 6.92 Å². The van der Waals surface area contributed by atoms with Crippen LogP contribution < -0.4 is 9.47 Å². The number of fused-ring (bicyclic) bond motifs is 1. The summed E-state index contributed by atoms with van der Waals surface area (Å²) in [6, 6.07) is 3.55. The van der Waals surface area contributed by atoms with Gasteiger partial charge in [0.1, 0.15) is 17.6 Å². The van der Waals surface area contributed by atoms with Crippen molar-refractivity contribution in [2.75, 3.05) is 20.8 Å². The highest BCUT2D eigenvalue weighted by Crippen LogP contribution is 2.39. The number of carbonyl (C=O) groups is 1. The van der Waals surface area contributed by atoms with E-state index >= 15 is 0 Å². The van der Waals surface area contributed by atoms with Crippen molar-refractivity contribution in [1.29, 1.82) is 0 Å². The fourth-order valence-corrected chi connectivity index (χ4v) is 2.32. The van der Waals surface area contributed by atoms with Crippen LogP contribution >= 0.6 is 0 Å². The number of hydrogen-bond acceptors (Lipinski definition) is 4. The average molecular weight is 251 g/mol. The number of β-amino-alcohol motifs (C(OH)–C–C–N with tert-alkyl or cyclic N) is 1. The summed E-state index contributed by atoms with van der Waals surface area (Å²) in [5.74, 6) is 1.22. The normalized spacial score (nSPS) is 18.2. The van der Waals surface area contributed by atoms with Crippen molar-refractivity contribution in [3.63, 3.8) is 0 Å². The summed E-state index contributed by atoms with van der Waals surface area (Å²) < 4.78 is 10.5. The number of rotatable bonds is 2. The number of ether oxygens (including phenoxy) is 2. The molecule has 2 rings (SSSR count). The van der Waals surface area contributed by atoms with Crippen LogP contribution in [-0.2, 0) is 11.3 Å². The Morgan fingerprint density at radius 3 is 2.50 bits per heavy atom. The summed E-state index contributed by atoms with van der Waals surface area (Å²) in [6.07, 6.45) is -0.748. The Kier molecular flexibility index (Phi) is 3.43. The Balaban J connectivity index is 2.52. The topological polar surface area (TPSA) is 59.0 Å². The van der Waals surface area contributed by atoms with E-state index < -0.39 is 6.10 Å². The van der Waals surface area contributed by atoms with E-state index in [2.05, 4.69) is 0 Å². The Hall–Kier alpha value is -1.75. The van der Waals surface area contributed by atoms with E-state index in [0.717, 1.165) is 5.56 Å². The first kappa shape index (κ1) is 12.7. The molecule has 0 fully saturated rings. The van der Waals surface area contributed by atoms with E-state index in [1.54, 1.807) is 31.3 Å². The monoisotopic (exact) mass is 251 g/mol. The highest BCUT2D eigenvalue weighted by molar-refractivity contribution is 5.74. The van der Waals surface area contributed by atoms with Crippen molar-refractivity contribution >= 4 is 5.91 Å². The van der Waals surface area contributed by atoms with Gasteiger partial charge in [0.25, 0.3) is 0 Å². The van der Waals surface area contributed by atoms with Crippen molar-refractivity contribution in [2.45, 2.75) is 19.6 Å². The highest BCUT2D eigenvalue weighted by Gasteiger charge is 2.30. The maximum Gasteiger partial charge on any atom is 0.219 e. The zero-order valence-electron chi connectivity index (χ0n) is 10.8. The van der Waals surface area contributed by atoms with Gasteiger partial charge in [-0.2, -0.15) is 0 Å². The third-order valence-corrected chi connectivity index (χ3v) is 3.23. The quantitative estimate of drug-likeness (QED) is 0.855. The number of nitrogens with zero attached hydrogens (tertiary/aromatic N) is 1. The maximum absolute atomic E-state index is 11.5. The second kappa shape index (κ2) is 4.86. The van der Waals surface area contributed by atoms with Crippen molar-refractivity contribution in [3.05, 3.63) is 23.3 Å². The molecular formula is C13H17NO4. The predicted octanol–water partition coefficient (Wildman–Crippen LogP) is 1.10. The molecule has 0 aliphatic carbocycles. The van der Waals surface area contributed by atoms with Gasteiger partial charge in [-0.1, -0.05) is 0 Å². The SMILES string of the molecule is COc1ccc(OC)c2c1CN(C(C)=O)CC2O. The molecule has 0 spiro atoms. The molecule has 1 aromatic rings. The lowest BCUT2D eigenvalue weighted by molar-refractivity contribution is -0.131. The van der Waals surface area contributed by atoms with Crippen LogP contribution in [0.2, 0.25) is 0 Å². The molecule has 1 N–H and O–H groups in total. The van der Waals surface area contributed by atoms with Gasteiger partial charge in [-0.3, -0.25) is 4.79 Å². The van der Waals surface area contributed by atoms with Crippen LogP contribution in [0.1, 0.15) is 24.2 Å².